The number of aliphatic hydroxyl groups excluding tert-OH is 1. The minimum absolute atomic E-state index is 0.142. The number of nitrogens with one attached hydrogen (secondary N) is 1. The standard InChI is InChI=1S/C16H16N4O2/c1-20-10-19-13-7-12(8-17-15(13)20)16(22)18-9-14(21)11-5-3-2-4-6-11/h2-8,10,14,21H,9H2,1H3,(H,18,22). The Balaban J connectivity index is 1.68. The van der Waals surface area contributed by atoms with Gasteiger partial charge in [-0.2, -0.15) is 0 Å². The molecule has 0 aliphatic rings. The van der Waals surface area contributed by atoms with Crippen LogP contribution in [-0.4, -0.2) is 32.1 Å². The maximum atomic E-state index is 12.1. The van der Waals surface area contributed by atoms with Crippen LogP contribution in [0.15, 0.2) is 48.9 Å². The number of hydrogen-bond donors (Lipinski definition) is 2. The molecule has 22 heavy (non-hydrogen) atoms. The Morgan fingerprint density at radius 1 is 1.32 bits per heavy atom. The van der Waals surface area contributed by atoms with Crippen LogP contribution in [0.5, 0.6) is 0 Å². The molecule has 1 atom stereocenters. The fraction of sp³-hybridized carbons (Fsp3) is 0.188. The molecule has 0 bridgehead atoms. The summed E-state index contributed by atoms with van der Waals surface area (Å²) in [5, 5.41) is 12.8. The molecule has 6 heteroatoms. The molecule has 0 fully saturated rings. The van der Waals surface area contributed by atoms with Crippen molar-refractivity contribution in [2.75, 3.05) is 6.54 Å². The predicted molar refractivity (Wildman–Crippen MR) is 82.2 cm³/mol. The minimum atomic E-state index is -0.739. The zero-order chi connectivity index (χ0) is 15.5. The van der Waals surface area contributed by atoms with Gasteiger partial charge in [-0.15, -0.1) is 0 Å². The molecule has 3 rings (SSSR count). The van der Waals surface area contributed by atoms with Crippen LogP contribution < -0.4 is 5.32 Å². The topological polar surface area (TPSA) is 80.0 Å². The van der Waals surface area contributed by atoms with Crippen LogP contribution in [0.25, 0.3) is 11.2 Å². The van der Waals surface area contributed by atoms with Crippen LogP contribution in [0, 0.1) is 0 Å². The molecule has 2 aromatic heterocycles. The highest BCUT2D eigenvalue weighted by atomic mass is 16.3. The fourth-order valence-corrected chi connectivity index (χ4v) is 2.22. The summed E-state index contributed by atoms with van der Waals surface area (Å²) in [6.07, 6.45) is 2.42. The van der Waals surface area contributed by atoms with E-state index in [1.165, 1.54) is 6.20 Å². The van der Waals surface area contributed by atoms with Gasteiger partial charge in [0.25, 0.3) is 5.91 Å². The van der Waals surface area contributed by atoms with Crippen LogP contribution in [0.4, 0.5) is 0 Å². The van der Waals surface area contributed by atoms with E-state index >= 15 is 0 Å². The Morgan fingerprint density at radius 2 is 2.09 bits per heavy atom. The summed E-state index contributed by atoms with van der Waals surface area (Å²) < 4.78 is 1.79. The van der Waals surface area contributed by atoms with Gasteiger partial charge in [0.15, 0.2) is 5.65 Å². The maximum absolute atomic E-state index is 12.1. The van der Waals surface area contributed by atoms with E-state index in [1.807, 2.05) is 37.4 Å². The van der Waals surface area contributed by atoms with Gasteiger partial charge in [0.05, 0.1) is 18.0 Å². The first-order chi connectivity index (χ1) is 10.6. The minimum Gasteiger partial charge on any atom is -0.387 e. The van der Waals surface area contributed by atoms with Crippen molar-refractivity contribution in [1.82, 2.24) is 19.9 Å². The highest BCUT2D eigenvalue weighted by Gasteiger charge is 2.12. The number of aryl methyl sites for hydroxylation is 1. The average molecular weight is 296 g/mol. The van der Waals surface area contributed by atoms with Crippen LogP contribution >= 0.6 is 0 Å². The molecule has 1 amide bonds. The summed E-state index contributed by atoms with van der Waals surface area (Å²) in [6, 6.07) is 10.9. The van der Waals surface area contributed by atoms with E-state index in [1.54, 1.807) is 17.0 Å². The predicted octanol–water partition coefficient (Wildman–Crippen LogP) is 1.43. The van der Waals surface area contributed by atoms with Crippen LogP contribution in [0.3, 0.4) is 0 Å². The summed E-state index contributed by atoms with van der Waals surface area (Å²) in [6.45, 7) is 0.142. The number of aliphatic hydroxyl groups is 1. The third kappa shape index (κ3) is 2.82. The van der Waals surface area contributed by atoms with Crippen molar-refractivity contribution in [2.24, 2.45) is 7.05 Å². The number of fused-ring (bicyclic) bond motifs is 1. The first-order valence-electron chi connectivity index (χ1n) is 6.93. The smallest absolute Gasteiger partial charge is 0.253 e. The van der Waals surface area contributed by atoms with Crippen LogP contribution in [0.1, 0.15) is 22.0 Å². The van der Waals surface area contributed by atoms with Gasteiger partial charge in [-0.3, -0.25) is 4.79 Å². The van der Waals surface area contributed by atoms with Gasteiger partial charge < -0.3 is 15.0 Å². The van der Waals surface area contributed by atoms with Crippen molar-refractivity contribution in [2.45, 2.75) is 6.10 Å². The highest BCUT2D eigenvalue weighted by molar-refractivity contribution is 5.96. The van der Waals surface area contributed by atoms with Crippen molar-refractivity contribution in [3.8, 4) is 0 Å². The molecule has 112 valence electrons. The highest BCUT2D eigenvalue weighted by Crippen LogP contribution is 2.12. The Morgan fingerprint density at radius 3 is 2.86 bits per heavy atom. The first-order valence-corrected chi connectivity index (χ1v) is 6.93. The van der Waals surface area contributed by atoms with Crippen molar-refractivity contribution in [1.29, 1.82) is 0 Å². The van der Waals surface area contributed by atoms with Crippen molar-refractivity contribution >= 4 is 17.1 Å². The molecule has 6 nitrogen and oxygen atoms in total. The largest absolute Gasteiger partial charge is 0.387 e. The second-order valence-electron chi connectivity index (χ2n) is 5.06. The normalized spacial score (nSPS) is 12.3. The molecule has 1 unspecified atom stereocenters. The maximum Gasteiger partial charge on any atom is 0.253 e. The number of rotatable bonds is 4. The second kappa shape index (κ2) is 5.95. The number of imidazole rings is 1. The SMILES string of the molecule is Cn1cnc2cc(C(=O)NCC(O)c3ccccc3)cnc21. The zero-order valence-electron chi connectivity index (χ0n) is 12.1. The number of pyridine rings is 1. The van der Waals surface area contributed by atoms with Gasteiger partial charge in [0, 0.05) is 19.8 Å². The number of amides is 1. The molecule has 0 saturated heterocycles. The molecule has 3 aromatic rings. The molecule has 2 N–H and O–H groups in total. The molecular weight excluding hydrogens is 280 g/mol. The number of benzene rings is 1. The lowest BCUT2D eigenvalue weighted by Crippen LogP contribution is -2.28. The monoisotopic (exact) mass is 296 g/mol. The summed E-state index contributed by atoms with van der Waals surface area (Å²) in [4.78, 5) is 20.5. The van der Waals surface area contributed by atoms with Crippen molar-refractivity contribution < 1.29 is 9.90 Å². The molecular formula is C16H16N4O2. The van der Waals surface area contributed by atoms with E-state index in [4.69, 9.17) is 0 Å². The van der Waals surface area contributed by atoms with Gasteiger partial charge >= 0.3 is 0 Å². The van der Waals surface area contributed by atoms with Crippen molar-refractivity contribution in [3.63, 3.8) is 0 Å². The van der Waals surface area contributed by atoms with Gasteiger partial charge in [-0.05, 0) is 11.6 Å². The molecule has 1 aromatic carbocycles. The molecule has 0 saturated carbocycles. The molecule has 0 aliphatic heterocycles. The average Bonchev–Trinajstić information content (AvgIpc) is 2.93. The Kier molecular flexibility index (Phi) is 3.84. The van der Waals surface area contributed by atoms with E-state index in [-0.39, 0.29) is 12.5 Å². The quantitative estimate of drug-likeness (QED) is 0.763. The number of aromatic nitrogens is 3. The summed E-state index contributed by atoms with van der Waals surface area (Å²) >= 11 is 0. The molecule has 0 spiro atoms. The van der Waals surface area contributed by atoms with E-state index in [9.17, 15) is 9.90 Å². The van der Waals surface area contributed by atoms with Crippen LogP contribution in [0.2, 0.25) is 0 Å². The van der Waals surface area contributed by atoms with Gasteiger partial charge in [-0.1, -0.05) is 30.3 Å². The van der Waals surface area contributed by atoms with E-state index in [0.717, 1.165) is 11.2 Å². The summed E-state index contributed by atoms with van der Waals surface area (Å²) in [5.74, 6) is -0.282. The lowest BCUT2D eigenvalue weighted by Gasteiger charge is -2.12. The lowest BCUT2D eigenvalue weighted by atomic mass is 10.1. The Bertz CT molecular complexity index is 798. The third-order valence-corrected chi connectivity index (χ3v) is 3.45. The number of carbonyl (C=O) groups excluding carboxylic acids is 1. The summed E-state index contributed by atoms with van der Waals surface area (Å²) in [5.41, 5.74) is 2.58. The number of carbonyl (C=O) groups is 1. The molecule has 0 radical (unpaired) electrons. The van der Waals surface area contributed by atoms with E-state index < -0.39 is 6.10 Å². The molecule has 0 aliphatic carbocycles. The molecule has 2 heterocycles. The first kappa shape index (κ1) is 14.2. The Hall–Kier alpha value is -2.73. The van der Waals surface area contributed by atoms with Gasteiger partial charge in [-0.25, -0.2) is 9.97 Å². The van der Waals surface area contributed by atoms with Gasteiger partial charge in [0.2, 0.25) is 0 Å². The third-order valence-electron chi connectivity index (χ3n) is 3.45. The number of nitrogens with zero attached hydrogens (tertiary/aromatic N) is 3. The van der Waals surface area contributed by atoms with Crippen LogP contribution in [-0.2, 0) is 7.05 Å². The number of hydrogen-bond acceptors (Lipinski definition) is 4. The fourth-order valence-electron chi connectivity index (χ4n) is 2.22. The Labute approximate surface area is 127 Å². The van der Waals surface area contributed by atoms with Gasteiger partial charge in [0.1, 0.15) is 5.52 Å². The summed E-state index contributed by atoms with van der Waals surface area (Å²) in [7, 11) is 1.85. The van der Waals surface area contributed by atoms with E-state index in [2.05, 4.69) is 15.3 Å². The van der Waals surface area contributed by atoms with E-state index in [0.29, 0.717) is 11.1 Å². The zero-order valence-corrected chi connectivity index (χ0v) is 12.1. The van der Waals surface area contributed by atoms with Crippen molar-refractivity contribution in [3.05, 3.63) is 60.0 Å². The second-order valence-corrected chi connectivity index (χ2v) is 5.06. The lowest BCUT2D eigenvalue weighted by molar-refractivity contribution is 0.0916.